The number of alkyl halides is 3. The highest BCUT2D eigenvalue weighted by Crippen LogP contribution is 2.25. The van der Waals surface area contributed by atoms with Gasteiger partial charge in [-0.25, -0.2) is 0 Å². The maximum absolute atomic E-state index is 12.2. The fraction of sp³-hybridized carbons (Fsp3) is 0.357. The number of amides is 1. The first-order valence-corrected chi connectivity index (χ1v) is 6.33. The highest BCUT2D eigenvalue weighted by atomic mass is 19.4. The van der Waals surface area contributed by atoms with Gasteiger partial charge >= 0.3 is 12.1 Å². The molecule has 0 aliphatic rings. The fourth-order valence-electron chi connectivity index (χ4n) is 2.22. The summed E-state index contributed by atoms with van der Waals surface area (Å²) in [7, 11) is 1.53. The summed E-state index contributed by atoms with van der Waals surface area (Å²) >= 11 is 0. The lowest BCUT2D eigenvalue weighted by molar-refractivity contribution is -0.174. The average Bonchev–Trinajstić information content (AvgIpc) is 2.80. The minimum Gasteiger partial charge on any atom is -0.495 e. The van der Waals surface area contributed by atoms with Crippen LogP contribution in [0.3, 0.4) is 0 Å². The van der Waals surface area contributed by atoms with Gasteiger partial charge < -0.3 is 14.5 Å². The monoisotopic (exact) mass is 300 g/mol. The molecule has 1 N–H and O–H groups in total. The molecule has 0 aromatic carbocycles. The summed E-state index contributed by atoms with van der Waals surface area (Å²) in [5.74, 6) is -1.29. The van der Waals surface area contributed by atoms with E-state index in [2.05, 4.69) is 0 Å². The van der Waals surface area contributed by atoms with Crippen LogP contribution in [0.25, 0.3) is 5.52 Å². The van der Waals surface area contributed by atoms with E-state index in [4.69, 9.17) is 4.74 Å². The second-order valence-corrected chi connectivity index (χ2v) is 4.75. The number of carbonyl (C=O) groups excluding carboxylic acids is 1. The second kappa shape index (κ2) is 5.67. The molecule has 2 rings (SSSR count). The van der Waals surface area contributed by atoms with Crippen LogP contribution in [0, 0.1) is 0 Å². The van der Waals surface area contributed by atoms with E-state index in [9.17, 15) is 18.0 Å². The van der Waals surface area contributed by atoms with Crippen LogP contribution in [0.2, 0.25) is 0 Å². The van der Waals surface area contributed by atoms with Crippen molar-refractivity contribution in [2.24, 2.45) is 0 Å². The first-order chi connectivity index (χ1) is 9.82. The van der Waals surface area contributed by atoms with Crippen molar-refractivity contribution < 1.29 is 22.7 Å². The Labute approximate surface area is 119 Å². The Morgan fingerprint density at radius 3 is 2.71 bits per heavy atom. The van der Waals surface area contributed by atoms with Gasteiger partial charge in [-0.3, -0.25) is 4.79 Å². The van der Waals surface area contributed by atoms with Crippen molar-refractivity contribution in [3.05, 3.63) is 36.2 Å². The van der Waals surface area contributed by atoms with Crippen LogP contribution < -0.4 is 10.1 Å². The van der Waals surface area contributed by atoms with Crippen molar-refractivity contribution in [2.45, 2.75) is 25.6 Å². The van der Waals surface area contributed by atoms with E-state index in [0.717, 1.165) is 11.1 Å². The normalized spacial score (nSPS) is 13.2. The molecule has 2 heterocycles. The molecule has 0 bridgehead atoms. The summed E-state index contributed by atoms with van der Waals surface area (Å²) in [6.45, 7) is 1.53. The molecule has 2 aromatic heterocycles. The summed E-state index contributed by atoms with van der Waals surface area (Å²) in [5.41, 5.74) is 1.59. The van der Waals surface area contributed by atoms with Crippen LogP contribution in [0.4, 0.5) is 13.2 Å². The third-order valence-corrected chi connectivity index (χ3v) is 3.11. The van der Waals surface area contributed by atoms with Crippen LogP contribution in [-0.4, -0.2) is 29.6 Å². The zero-order valence-corrected chi connectivity index (χ0v) is 11.6. The van der Waals surface area contributed by atoms with E-state index in [-0.39, 0.29) is 6.42 Å². The Morgan fingerprint density at radius 1 is 1.38 bits per heavy atom. The molecular weight excluding hydrogens is 285 g/mol. The molecule has 1 unspecified atom stereocenters. The van der Waals surface area contributed by atoms with Crippen molar-refractivity contribution in [3.63, 3.8) is 0 Å². The molecule has 21 heavy (non-hydrogen) atoms. The van der Waals surface area contributed by atoms with Crippen LogP contribution in [-0.2, 0) is 11.2 Å². The zero-order valence-electron chi connectivity index (χ0n) is 11.6. The summed E-state index contributed by atoms with van der Waals surface area (Å²) in [5, 5.41) is 1.95. The molecule has 1 atom stereocenters. The molecule has 0 saturated heterocycles. The van der Waals surface area contributed by atoms with Gasteiger partial charge in [-0.1, -0.05) is 0 Å². The minimum atomic E-state index is -4.87. The highest BCUT2D eigenvalue weighted by molar-refractivity contribution is 5.82. The third kappa shape index (κ3) is 3.29. The predicted octanol–water partition coefficient (Wildman–Crippen LogP) is 2.56. The number of hydrogen-bond donors (Lipinski definition) is 1. The fourth-order valence-corrected chi connectivity index (χ4v) is 2.22. The lowest BCUT2D eigenvalue weighted by atomic mass is 10.1. The van der Waals surface area contributed by atoms with Gasteiger partial charge in [0, 0.05) is 18.4 Å². The molecule has 2 aromatic rings. The van der Waals surface area contributed by atoms with Gasteiger partial charge in [0.1, 0.15) is 5.75 Å². The number of halogens is 3. The number of nitrogens with zero attached hydrogens (tertiary/aromatic N) is 1. The van der Waals surface area contributed by atoms with Crippen LogP contribution >= 0.6 is 0 Å². The first kappa shape index (κ1) is 15.2. The smallest absolute Gasteiger partial charge is 0.471 e. The number of carbonyl (C=O) groups is 1. The van der Waals surface area contributed by atoms with E-state index in [1.165, 1.54) is 14.0 Å². The highest BCUT2D eigenvalue weighted by Gasteiger charge is 2.39. The van der Waals surface area contributed by atoms with E-state index in [1.54, 1.807) is 18.3 Å². The van der Waals surface area contributed by atoms with Gasteiger partial charge in [0.25, 0.3) is 0 Å². The van der Waals surface area contributed by atoms with Gasteiger partial charge in [-0.05, 0) is 37.1 Å². The lowest BCUT2D eigenvalue weighted by Gasteiger charge is -2.15. The maximum Gasteiger partial charge on any atom is 0.471 e. The number of pyridine rings is 1. The number of fused-ring (bicyclic) bond motifs is 1. The van der Waals surface area contributed by atoms with Gasteiger partial charge in [0.15, 0.2) is 0 Å². The number of rotatable bonds is 4. The van der Waals surface area contributed by atoms with Crippen molar-refractivity contribution in [1.29, 1.82) is 0 Å². The molecule has 0 aliphatic heterocycles. The Morgan fingerprint density at radius 2 is 2.10 bits per heavy atom. The van der Waals surface area contributed by atoms with E-state index >= 15 is 0 Å². The van der Waals surface area contributed by atoms with E-state index in [1.807, 2.05) is 22.0 Å². The molecule has 7 heteroatoms. The summed E-state index contributed by atoms with van der Waals surface area (Å²) in [6.07, 6.45) is -0.973. The number of nitrogens with one attached hydrogen (secondary N) is 1. The molecule has 0 aliphatic carbocycles. The molecule has 1 amide bonds. The predicted molar refractivity (Wildman–Crippen MR) is 71.3 cm³/mol. The number of methoxy groups -OCH3 is 1. The SMILES string of the molecule is COc1cccn2ccc(CC(C)NC(=O)C(F)(F)F)c12. The molecule has 114 valence electrons. The van der Waals surface area contributed by atoms with Crippen LogP contribution in [0.15, 0.2) is 30.6 Å². The van der Waals surface area contributed by atoms with Gasteiger partial charge in [0.2, 0.25) is 0 Å². The van der Waals surface area contributed by atoms with Crippen LogP contribution in [0.5, 0.6) is 5.75 Å². The number of aromatic nitrogens is 1. The largest absolute Gasteiger partial charge is 0.495 e. The van der Waals surface area contributed by atoms with Crippen LogP contribution in [0.1, 0.15) is 12.5 Å². The number of ether oxygens (including phenoxy) is 1. The summed E-state index contributed by atoms with van der Waals surface area (Å²) < 4.78 is 43.8. The Bertz CT molecular complexity index is 649. The molecule has 4 nitrogen and oxygen atoms in total. The Kier molecular flexibility index (Phi) is 4.11. The third-order valence-electron chi connectivity index (χ3n) is 3.11. The van der Waals surface area contributed by atoms with Gasteiger partial charge in [0.05, 0.1) is 12.6 Å². The van der Waals surface area contributed by atoms with Gasteiger partial charge in [-0.15, -0.1) is 0 Å². The Hall–Kier alpha value is -2.18. The minimum absolute atomic E-state index is 0.276. The molecule has 0 radical (unpaired) electrons. The van der Waals surface area contributed by atoms with Crippen molar-refractivity contribution in [1.82, 2.24) is 9.72 Å². The first-order valence-electron chi connectivity index (χ1n) is 6.33. The standard InChI is InChI=1S/C14H15F3N2O2/c1-9(18-13(20)14(15,16)17)8-10-5-7-19-6-3-4-11(21-2)12(10)19/h3-7,9H,8H2,1-2H3,(H,18,20). The molecule has 0 saturated carbocycles. The summed E-state index contributed by atoms with van der Waals surface area (Å²) in [6, 6.07) is 4.74. The van der Waals surface area contributed by atoms with Gasteiger partial charge in [-0.2, -0.15) is 13.2 Å². The molecule has 0 spiro atoms. The van der Waals surface area contributed by atoms with Crippen molar-refractivity contribution in [3.8, 4) is 5.75 Å². The molecular formula is C14H15F3N2O2. The topological polar surface area (TPSA) is 42.7 Å². The lowest BCUT2D eigenvalue weighted by Crippen LogP contribution is -2.42. The van der Waals surface area contributed by atoms with E-state index < -0.39 is 18.1 Å². The number of hydrogen-bond acceptors (Lipinski definition) is 2. The molecule has 0 fully saturated rings. The van der Waals surface area contributed by atoms with E-state index in [0.29, 0.717) is 5.75 Å². The zero-order chi connectivity index (χ0) is 15.6. The maximum atomic E-state index is 12.2. The second-order valence-electron chi connectivity index (χ2n) is 4.75. The van der Waals surface area contributed by atoms with Crippen molar-refractivity contribution >= 4 is 11.4 Å². The van der Waals surface area contributed by atoms with Crippen molar-refractivity contribution in [2.75, 3.05) is 7.11 Å². The summed E-state index contributed by atoms with van der Waals surface area (Å²) in [4.78, 5) is 10.9. The average molecular weight is 300 g/mol. The quantitative estimate of drug-likeness (QED) is 0.943. The Balaban J connectivity index is 2.18.